The number of nitrogens with zero attached hydrogens (tertiary/aromatic N) is 2. The molecule has 1 aromatic heterocycles. The third-order valence-corrected chi connectivity index (χ3v) is 2.30. The second-order valence-electron chi connectivity index (χ2n) is 3.76. The summed E-state index contributed by atoms with van der Waals surface area (Å²) < 4.78 is 0. The lowest BCUT2D eigenvalue weighted by Crippen LogP contribution is -2.35. The molecule has 0 saturated heterocycles. The van der Waals surface area contributed by atoms with E-state index in [2.05, 4.69) is 16.0 Å². The van der Waals surface area contributed by atoms with E-state index < -0.39 is 6.10 Å². The molecule has 3 N–H and O–H groups in total. The van der Waals surface area contributed by atoms with Gasteiger partial charge in [0.2, 0.25) is 0 Å². The number of aliphatic hydroxyl groups excluding tert-OH is 1. The van der Waals surface area contributed by atoms with Crippen LogP contribution in [0.15, 0.2) is 24.5 Å². The zero-order valence-electron chi connectivity index (χ0n) is 9.13. The van der Waals surface area contributed by atoms with Gasteiger partial charge in [0.15, 0.2) is 0 Å². The number of hydrogen-bond acceptors (Lipinski definition) is 4. The highest BCUT2D eigenvalue weighted by molar-refractivity contribution is 5.08. The van der Waals surface area contributed by atoms with E-state index in [1.54, 1.807) is 6.20 Å². The Morgan fingerprint density at radius 1 is 1.60 bits per heavy atom. The number of aromatic nitrogens is 1. The fourth-order valence-corrected chi connectivity index (χ4v) is 1.39. The first kappa shape index (κ1) is 12.1. The van der Waals surface area contributed by atoms with E-state index in [1.807, 2.05) is 19.3 Å². The Hall–Kier alpha value is -0.970. The molecule has 0 aliphatic rings. The fourth-order valence-electron chi connectivity index (χ4n) is 1.39. The number of pyridine rings is 1. The molecule has 0 saturated carbocycles. The van der Waals surface area contributed by atoms with Crippen LogP contribution in [0.2, 0.25) is 0 Å². The molecule has 0 amide bonds. The molecular weight excluding hydrogens is 190 g/mol. The molecule has 15 heavy (non-hydrogen) atoms. The maximum atomic E-state index is 9.35. The van der Waals surface area contributed by atoms with Gasteiger partial charge in [-0.15, -0.1) is 0 Å². The van der Waals surface area contributed by atoms with E-state index in [-0.39, 0.29) is 0 Å². The molecule has 4 heteroatoms. The molecule has 1 heterocycles. The van der Waals surface area contributed by atoms with Crippen LogP contribution in [0.25, 0.3) is 0 Å². The summed E-state index contributed by atoms with van der Waals surface area (Å²) >= 11 is 0. The highest BCUT2D eigenvalue weighted by Gasteiger charge is 2.05. The second kappa shape index (κ2) is 6.50. The maximum absolute atomic E-state index is 9.35. The molecule has 1 rings (SSSR count). The van der Waals surface area contributed by atoms with Gasteiger partial charge in [-0.05, 0) is 25.1 Å². The monoisotopic (exact) mass is 209 g/mol. The van der Waals surface area contributed by atoms with Crippen LogP contribution in [-0.4, -0.2) is 47.8 Å². The molecule has 1 unspecified atom stereocenters. The number of aliphatic hydroxyl groups is 1. The Bertz CT molecular complexity index is 266. The van der Waals surface area contributed by atoms with Crippen LogP contribution in [-0.2, 0) is 6.42 Å². The topological polar surface area (TPSA) is 62.4 Å². The minimum atomic E-state index is -0.427. The van der Waals surface area contributed by atoms with E-state index in [9.17, 15) is 5.11 Å². The van der Waals surface area contributed by atoms with Gasteiger partial charge in [0.25, 0.3) is 0 Å². The zero-order valence-corrected chi connectivity index (χ0v) is 9.13. The summed E-state index contributed by atoms with van der Waals surface area (Å²) in [7, 11) is 1.98. The van der Waals surface area contributed by atoms with Gasteiger partial charge in [-0.1, -0.05) is 6.07 Å². The molecule has 0 aliphatic heterocycles. The first-order chi connectivity index (χ1) is 7.22. The van der Waals surface area contributed by atoms with Gasteiger partial charge in [-0.25, -0.2) is 0 Å². The summed E-state index contributed by atoms with van der Waals surface area (Å²) in [6, 6.07) is 3.99. The molecule has 0 spiro atoms. The van der Waals surface area contributed by atoms with Crippen molar-refractivity contribution in [2.45, 2.75) is 12.5 Å². The fraction of sp³-hybridized carbons (Fsp3) is 0.545. The van der Waals surface area contributed by atoms with Crippen molar-refractivity contribution in [3.8, 4) is 0 Å². The van der Waals surface area contributed by atoms with Crippen LogP contribution in [0.3, 0.4) is 0 Å². The molecule has 0 radical (unpaired) electrons. The van der Waals surface area contributed by atoms with Gasteiger partial charge in [0.1, 0.15) is 0 Å². The van der Waals surface area contributed by atoms with Crippen LogP contribution in [0.4, 0.5) is 0 Å². The summed E-state index contributed by atoms with van der Waals surface area (Å²) in [5.41, 5.74) is 6.56. The van der Waals surface area contributed by atoms with Gasteiger partial charge in [0.05, 0.1) is 6.10 Å². The molecule has 0 fully saturated rings. The molecular formula is C11H19N3O. The van der Waals surface area contributed by atoms with E-state index in [4.69, 9.17) is 5.73 Å². The van der Waals surface area contributed by atoms with Gasteiger partial charge >= 0.3 is 0 Å². The average Bonchev–Trinajstić information content (AvgIpc) is 2.27. The lowest BCUT2D eigenvalue weighted by molar-refractivity contribution is 0.133. The molecule has 1 atom stereocenters. The van der Waals surface area contributed by atoms with Crippen molar-refractivity contribution in [2.75, 3.05) is 26.7 Å². The highest BCUT2D eigenvalue weighted by Crippen LogP contribution is 1.98. The summed E-state index contributed by atoms with van der Waals surface area (Å²) in [6.07, 6.45) is 4.16. The van der Waals surface area contributed by atoms with Crippen molar-refractivity contribution in [2.24, 2.45) is 5.73 Å². The third kappa shape index (κ3) is 4.88. The lowest BCUT2D eigenvalue weighted by Gasteiger charge is -2.19. The molecule has 0 aromatic carbocycles. The first-order valence-corrected chi connectivity index (χ1v) is 5.18. The SMILES string of the molecule is CN(CCc1cccnc1)CC(O)CN. The number of rotatable bonds is 6. The van der Waals surface area contributed by atoms with E-state index in [0.717, 1.165) is 13.0 Å². The Morgan fingerprint density at radius 2 is 2.40 bits per heavy atom. The van der Waals surface area contributed by atoms with Gasteiger partial charge in [0, 0.05) is 32.0 Å². The maximum Gasteiger partial charge on any atom is 0.0788 e. The number of nitrogens with two attached hydrogens (primary N) is 1. The van der Waals surface area contributed by atoms with E-state index >= 15 is 0 Å². The number of likely N-dealkylation sites (N-methyl/N-ethyl adjacent to an activating group) is 1. The van der Waals surface area contributed by atoms with E-state index in [0.29, 0.717) is 13.1 Å². The van der Waals surface area contributed by atoms with Crippen molar-refractivity contribution in [3.63, 3.8) is 0 Å². The van der Waals surface area contributed by atoms with Gasteiger partial charge in [-0.3, -0.25) is 4.98 Å². The third-order valence-electron chi connectivity index (χ3n) is 2.30. The van der Waals surface area contributed by atoms with E-state index in [1.165, 1.54) is 5.56 Å². The molecule has 4 nitrogen and oxygen atoms in total. The molecule has 84 valence electrons. The number of hydrogen-bond donors (Lipinski definition) is 2. The zero-order chi connectivity index (χ0) is 11.1. The minimum Gasteiger partial charge on any atom is -0.390 e. The predicted octanol–water partition coefficient (Wildman–Crippen LogP) is -0.124. The molecule has 0 aliphatic carbocycles. The first-order valence-electron chi connectivity index (χ1n) is 5.18. The standard InChI is InChI=1S/C11H19N3O/c1-14(9-11(15)7-12)6-4-10-3-2-5-13-8-10/h2-3,5,8,11,15H,4,6-7,9,12H2,1H3. The van der Waals surface area contributed by atoms with Crippen LogP contribution in [0.5, 0.6) is 0 Å². The largest absolute Gasteiger partial charge is 0.390 e. The summed E-state index contributed by atoms with van der Waals surface area (Å²) in [6.45, 7) is 1.84. The predicted molar refractivity (Wildman–Crippen MR) is 60.5 cm³/mol. The van der Waals surface area contributed by atoms with Crippen molar-refractivity contribution in [1.82, 2.24) is 9.88 Å². The average molecular weight is 209 g/mol. The quantitative estimate of drug-likeness (QED) is 0.685. The van der Waals surface area contributed by atoms with Crippen LogP contribution < -0.4 is 5.73 Å². The lowest BCUT2D eigenvalue weighted by atomic mass is 10.2. The van der Waals surface area contributed by atoms with Crippen LogP contribution >= 0.6 is 0 Å². The van der Waals surface area contributed by atoms with Crippen LogP contribution in [0.1, 0.15) is 5.56 Å². The summed E-state index contributed by atoms with van der Waals surface area (Å²) in [5.74, 6) is 0. The summed E-state index contributed by atoms with van der Waals surface area (Å²) in [4.78, 5) is 6.13. The van der Waals surface area contributed by atoms with Gasteiger partial charge in [-0.2, -0.15) is 0 Å². The smallest absolute Gasteiger partial charge is 0.0788 e. The Kier molecular flexibility index (Phi) is 5.25. The van der Waals surface area contributed by atoms with Crippen molar-refractivity contribution >= 4 is 0 Å². The van der Waals surface area contributed by atoms with Crippen molar-refractivity contribution in [3.05, 3.63) is 30.1 Å². The Morgan fingerprint density at radius 3 is 3.00 bits per heavy atom. The van der Waals surface area contributed by atoms with Crippen molar-refractivity contribution < 1.29 is 5.11 Å². The van der Waals surface area contributed by atoms with Crippen LogP contribution in [0, 0.1) is 0 Å². The molecule has 0 bridgehead atoms. The second-order valence-corrected chi connectivity index (χ2v) is 3.76. The Balaban J connectivity index is 2.25. The van der Waals surface area contributed by atoms with Gasteiger partial charge < -0.3 is 15.7 Å². The summed E-state index contributed by atoms with van der Waals surface area (Å²) in [5, 5.41) is 9.35. The minimum absolute atomic E-state index is 0.317. The molecule has 1 aromatic rings. The normalized spacial score (nSPS) is 13.1. The Labute approximate surface area is 90.7 Å². The van der Waals surface area contributed by atoms with Crippen molar-refractivity contribution in [1.29, 1.82) is 0 Å². The highest BCUT2D eigenvalue weighted by atomic mass is 16.3.